The monoisotopic (exact) mass is 485 g/mol. The summed E-state index contributed by atoms with van der Waals surface area (Å²) in [5.74, 6) is 0.739. The normalized spacial score (nSPS) is 10.8. The fraction of sp³-hybridized carbons (Fsp3) is 0.0952. The number of benzene rings is 2. The Balaban J connectivity index is 1.85. The number of hydrogen-bond acceptors (Lipinski definition) is 7. The molecule has 30 heavy (non-hydrogen) atoms. The molecule has 0 spiro atoms. The van der Waals surface area contributed by atoms with Crippen molar-refractivity contribution >= 4 is 55.0 Å². The van der Waals surface area contributed by atoms with Gasteiger partial charge in [0.15, 0.2) is 11.5 Å². The second-order valence-corrected chi connectivity index (χ2v) is 8.02. The number of carboxylic acid groups (broad SMARTS) is 1. The average molecular weight is 486 g/mol. The quantitative estimate of drug-likeness (QED) is 0.368. The Morgan fingerprint density at radius 1 is 1.10 bits per heavy atom. The van der Waals surface area contributed by atoms with Gasteiger partial charge in [-0.1, -0.05) is 22.0 Å². The van der Waals surface area contributed by atoms with Crippen LogP contribution in [-0.4, -0.2) is 35.3 Å². The zero-order valence-corrected chi connectivity index (χ0v) is 18.4. The molecule has 0 saturated heterocycles. The van der Waals surface area contributed by atoms with E-state index in [9.17, 15) is 9.90 Å². The first-order valence-electron chi connectivity index (χ1n) is 8.76. The Morgan fingerprint density at radius 2 is 1.90 bits per heavy atom. The summed E-state index contributed by atoms with van der Waals surface area (Å²) in [4.78, 5) is 21.2. The van der Waals surface area contributed by atoms with Crippen LogP contribution >= 0.6 is 27.3 Å². The molecule has 0 unspecified atom stereocenters. The Kier molecular flexibility index (Phi) is 5.56. The molecule has 7 nitrogen and oxygen atoms in total. The molecule has 4 aromatic rings. The van der Waals surface area contributed by atoms with Crippen LogP contribution in [0.5, 0.6) is 11.5 Å². The molecule has 0 amide bonds. The first kappa shape index (κ1) is 20.1. The van der Waals surface area contributed by atoms with Crippen LogP contribution in [0.4, 0.5) is 11.5 Å². The van der Waals surface area contributed by atoms with Crippen molar-refractivity contribution in [3.8, 4) is 22.6 Å². The number of methoxy groups -OCH3 is 2. The largest absolute Gasteiger partial charge is 0.493 e. The molecular formula is C21H16BrN3O4S. The summed E-state index contributed by atoms with van der Waals surface area (Å²) in [7, 11) is 3.18. The molecule has 2 aromatic heterocycles. The van der Waals surface area contributed by atoms with Gasteiger partial charge in [-0.15, -0.1) is 11.3 Å². The zero-order valence-electron chi connectivity index (χ0n) is 16.0. The highest BCUT2D eigenvalue weighted by molar-refractivity contribution is 9.10. The topological polar surface area (TPSA) is 93.6 Å². The highest BCUT2D eigenvalue weighted by atomic mass is 79.9. The standard InChI is InChI=1S/C21H16BrN3O4S/c1-28-16-6-3-11(7-17(16)29-2)14-9-30-20-18(14)19(23-10-24-20)25-15-5-4-12(22)8-13(15)21(26)27/h3-10H,1-2H3,(H,26,27)(H,23,24,25). The van der Waals surface area contributed by atoms with Crippen LogP contribution in [0.1, 0.15) is 10.4 Å². The maximum absolute atomic E-state index is 11.7. The van der Waals surface area contributed by atoms with E-state index in [4.69, 9.17) is 9.47 Å². The van der Waals surface area contributed by atoms with E-state index >= 15 is 0 Å². The van der Waals surface area contributed by atoms with Gasteiger partial charge in [0.1, 0.15) is 17.0 Å². The molecule has 0 bridgehead atoms. The summed E-state index contributed by atoms with van der Waals surface area (Å²) in [6.07, 6.45) is 1.46. The molecule has 0 saturated carbocycles. The van der Waals surface area contributed by atoms with Gasteiger partial charge in [0.25, 0.3) is 0 Å². The molecule has 0 atom stereocenters. The first-order chi connectivity index (χ1) is 14.5. The number of aromatic nitrogens is 2. The van der Waals surface area contributed by atoms with Gasteiger partial charge in [0.2, 0.25) is 0 Å². The number of nitrogens with zero attached hydrogens (tertiary/aromatic N) is 2. The molecule has 0 aliphatic heterocycles. The molecule has 9 heteroatoms. The Bertz CT molecular complexity index is 1260. The van der Waals surface area contributed by atoms with Crippen molar-refractivity contribution in [2.24, 2.45) is 0 Å². The molecule has 0 aliphatic carbocycles. The summed E-state index contributed by atoms with van der Waals surface area (Å²) >= 11 is 4.80. The van der Waals surface area contributed by atoms with Crippen molar-refractivity contribution in [2.75, 3.05) is 19.5 Å². The number of thiophene rings is 1. The number of aromatic carboxylic acids is 1. The second-order valence-electron chi connectivity index (χ2n) is 6.24. The van der Waals surface area contributed by atoms with Gasteiger partial charge in [-0.3, -0.25) is 0 Å². The van der Waals surface area contributed by atoms with E-state index in [2.05, 4.69) is 31.2 Å². The average Bonchev–Trinajstić information content (AvgIpc) is 3.19. The van der Waals surface area contributed by atoms with E-state index in [1.165, 1.54) is 17.7 Å². The Labute approximate surface area is 184 Å². The van der Waals surface area contributed by atoms with Crippen LogP contribution in [0, 0.1) is 0 Å². The number of rotatable bonds is 6. The van der Waals surface area contributed by atoms with Crippen molar-refractivity contribution in [1.82, 2.24) is 9.97 Å². The molecule has 0 radical (unpaired) electrons. The minimum Gasteiger partial charge on any atom is -0.493 e. The van der Waals surface area contributed by atoms with Crippen LogP contribution in [0.15, 0.2) is 52.6 Å². The zero-order chi connectivity index (χ0) is 21.3. The van der Waals surface area contributed by atoms with Crippen LogP contribution < -0.4 is 14.8 Å². The van der Waals surface area contributed by atoms with Gasteiger partial charge in [-0.25, -0.2) is 14.8 Å². The highest BCUT2D eigenvalue weighted by Crippen LogP contribution is 2.40. The van der Waals surface area contributed by atoms with Crippen molar-refractivity contribution in [1.29, 1.82) is 0 Å². The first-order valence-corrected chi connectivity index (χ1v) is 10.4. The maximum atomic E-state index is 11.7. The summed E-state index contributed by atoms with van der Waals surface area (Å²) < 4.78 is 11.4. The smallest absolute Gasteiger partial charge is 0.337 e. The number of carboxylic acids is 1. The number of carbonyl (C=O) groups is 1. The van der Waals surface area contributed by atoms with Gasteiger partial charge in [0.05, 0.1) is 30.9 Å². The molecule has 0 aliphatic rings. The third kappa shape index (κ3) is 3.69. The summed E-state index contributed by atoms with van der Waals surface area (Å²) in [5, 5.41) is 15.5. The van der Waals surface area contributed by atoms with Gasteiger partial charge in [0, 0.05) is 15.4 Å². The molecule has 0 fully saturated rings. The number of ether oxygens (including phenoxy) is 2. The SMILES string of the molecule is COc1ccc(-c2csc3ncnc(Nc4ccc(Br)cc4C(=O)O)c23)cc1OC. The predicted octanol–water partition coefficient (Wildman–Crippen LogP) is 5.58. The molecule has 2 N–H and O–H groups in total. The van der Waals surface area contributed by atoms with Crippen LogP contribution in [0.2, 0.25) is 0 Å². The Hall–Kier alpha value is -3.17. The van der Waals surface area contributed by atoms with Crippen molar-refractivity contribution in [2.45, 2.75) is 0 Å². The highest BCUT2D eigenvalue weighted by Gasteiger charge is 2.17. The third-order valence-electron chi connectivity index (χ3n) is 4.53. The van der Waals surface area contributed by atoms with E-state index < -0.39 is 5.97 Å². The van der Waals surface area contributed by atoms with E-state index in [1.807, 2.05) is 23.6 Å². The Morgan fingerprint density at radius 3 is 2.63 bits per heavy atom. The van der Waals surface area contributed by atoms with Crippen molar-refractivity contribution in [3.63, 3.8) is 0 Å². The summed E-state index contributed by atoms with van der Waals surface area (Å²) in [6.45, 7) is 0. The van der Waals surface area contributed by atoms with E-state index in [0.29, 0.717) is 27.5 Å². The summed E-state index contributed by atoms with van der Waals surface area (Å²) in [5.41, 5.74) is 2.40. The van der Waals surface area contributed by atoms with Gasteiger partial charge in [-0.2, -0.15) is 0 Å². The van der Waals surface area contributed by atoms with Gasteiger partial charge in [-0.05, 0) is 35.9 Å². The molecule has 2 heterocycles. The van der Waals surface area contributed by atoms with Gasteiger partial charge >= 0.3 is 5.97 Å². The third-order valence-corrected chi connectivity index (χ3v) is 5.91. The van der Waals surface area contributed by atoms with E-state index in [-0.39, 0.29) is 5.56 Å². The number of halogens is 1. The van der Waals surface area contributed by atoms with Crippen molar-refractivity contribution < 1.29 is 19.4 Å². The molecule has 2 aromatic carbocycles. The number of hydrogen-bond donors (Lipinski definition) is 2. The fourth-order valence-electron chi connectivity index (χ4n) is 3.12. The molecule has 152 valence electrons. The lowest BCUT2D eigenvalue weighted by molar-refractivity contribution is 0.0698. The van der Waals surface area contributed by atoms with Crippen molar-refractivity contribution in [3.05, 3.63) is 58.1 Å². The van der Waals surface area contributed by atoms with Gasteiger partial charge < -0.3 is 19.9 Å². The number of anilines is 2. The lowest BCUT2D eigenvalue weighted by Gasteiger charge is -2.12. The maximum Gasteiger partial charge on any atom is 0.337 e. The fourth-order valence-corrected chi connectivity index (χ4v) is 4.39. The van der Waals surface area contributed by atoms with Crippen LogP contribution in [-0.2, 0) is 0 Å². The minimum absolute atomic E-state index is 0.138. The van der Waals surface area contributed by atoms with Crippen LogP contribution in [0.3, 0.4) is 0 Å². The van der Waals surface area contributed by atoms with E-state index in [1.54, 1.807) is 32.4 Å². The lowest BCUT2D eigenvalue weighted by Crippen LogP contribution is -2.04. The minimum atomic E-state index is -1.03. The van der Waals surface area contributed by atoms with E-state index in [0.717, 1.165) is 21.3 Å². The van der Waals surface area contributed by atoms with Crippen LogP contribution in [0.25, 0.3) is 21.3 Å². The molecule has 4 rings (SSSR count). The second kappa shape index (κ2) is 8.29. The summed E-state index contributed by atoms with van der Waals surface area (Å²) in [6, 6.07) is 10.7. The molecular weight excluding hydrogens is 470 g/mol. The predicted molar refractivity (Wildman–Crippen MR) is 120 cm³/mol. The number of nitrogens with one attached hydrogen (secondary N) is 1. The number of fused-ring (bicyclic) bond motifs is 1. The lowest BCUT2D eigenvalue weighted by atomic mass is 10.1.